The first-order valence-electron chi connectivity index (χ1n) is 12.8. The van der Waals surface area contributed by atoms with Crippen LogP contribution in [0.3, 0.4) is 0 Å². The molecule has 1 aromatic carbocycles. The molecule has 0 bridgehead atoms. The van der Waals surface area contributed by atoms with E-state index in [2.05, 4.69) is 20.6 Å². The number of aromatic nitrogens is 2. The number of aryl methyl sites for hydroxylation is 1. The van der Waals surface area contributed by atoms with Gasteiger partial charge >= 0.3 is 0 Å². The van der Waals surface area contributed by atoms with Crippen molar-refractivity contribution in [1.29, 1.82) is 0 Å². The van der Waals surface area contributed by atoms with Gasteiger partial charge in [-0.05, 0) is 57.6 Å². The van der Waals surface area contributed by atoms with E-state index in [1.165, 1.54) is 0 Å². The van der Waals surface area contributed by atoms with E-state index in [0.29, 0.717) is 18.1 Å². The van der Waals surface area contributed by atoms with Gasteiger partial charge in [0.15, 0.2) is 0 Å². The van der Waals surface area contributed by atoms with E-state index < -0.39 is 0 Å². The Labute approximate surface area is 207 Å². The van der Waals surface area contributed by atoms with Gasteiger partial charge in [0.2, 0.25) is 5.82 Å². The third-order valence-electron chi connectivity index (χ3n) is 7.15. The van der Waals surface area contributed by atoms with Crippen LogP contribution >= 0.6 is 0 Å². The Morgan fingerprint density at radius 3 is 2.69 bits per heavy atom. The molecule has 1 aromatic heterocycles. The summed E-state index contributed by atoms with van der Waals surface area (Å²) in [5.41, 5.74) is 7.86. The number of carbonyl (C=O) groups excluding carboxylic acids is 1. The molecule has 1 heterocycles. The fourth-order valence-corrected chi connectivity index (χ4v) is 5.15. The lowest BCUT2D eigenvalue weighted by molar-refractivity contribution is 0.0597. The highest BCUT2D eigenvalue weighted by atomic mass is 16.5. The number of amides is 1. The smallest absolute Gasteiger partial charge is 0.289 e. The zero-order valence-electron chi connectivity index (χ0n) is 20.8. The third kappa shape index (κ3) is 6.46. The molecule has 2 aliphatic rings. The summed E-state index contributed by atoms with van der Waals surface area (Å²) in [6.07, 6.45) is 8.32. The van der Waals surface area contributed by atoms with Crippen LogP contribution in [0.2, 0.25) is 0 Å². The Bertz CT molecular complexity index is 1050. The zero-order chi connectivity index (χ0) is 24.8. The van der Waals surface area contributed by atoms with Crippen LogP contribution in [0.1, 0.15) is 74.0 Å². The molecule has 35 heavy (non-hydrogen) atoms. The molecule has 2 saturated carbocycles. The lowest BCUT2D eigenvalue weighted by Crippen LogP contribution is -2.40. The SMILES string of the molecule is COC1CCC(NC(=O)c2nc(N[C@H]3CCCC[C@H]3N=C(N)CCO)c3cc(C)ccc3n2)CC1. The van der Waals surface area contributed by atoms with Gasteiger partial charge < -0.3 is 26.2 Å². The maximum absolute atomic E-state index is 13.1. The first-order valence-corrected chi connectivity index (χ1v) is 12.8. The van der Waals surface area contributed by atoms with Crippen molar-refractivity contribution in [2.75, 3.05) is 19.0 Å². The van der Waals surface area contributed by atoms with Crippen LogP contribution in [0.15, 0.2) is 23.2 Å². The van der Waals surface area contributed by atoms with Gasteiger partial charge in [0.25, 0.3) is 5.91 Å². The first kappa shape index (κ1) is 25.3. The van der Waals surface area contributed by atoms with Crippen molar-refractivity contribution in [2.45, 2.75) is 88.9 Å². The summed E-state index contributed by atoms with van der Waals surface area (Å²) >= 11 is 0. The van der Waals surface area contributed by atoms with Crippen molar-refractivity contribution >= 4 is 28.5 Å². The number of nitrogens with two attached hydrogens (primary N) is 1. The first-order chi connectivity index (χ1) is 17.0. The number of rotatable bonds is 8. The number of aliphatic hydroxyl groups excluding tert-OH is 1. The molecule has 2 atom stereocenters. The second-order valence-electron chi connectivity index (χ2n) is 9.80. The number of aliphatic hydroxyl groups is 1. The van der Waals surface area contributed by atoms with E-state index in [1.54, 1.807) is 7.11 Å². The fourth-order valence-electron chi connectivity index (χ4n) is 5.15. The topological polar surface area (TPSA) is 135 Å². The minimum absolute atomic E-state index is 0.00151. The van der Waals surface area contributed by atoms with Gasteiger partial charge in [0.05, 0.1) is 30.1 Å². The molecule has 0 aliphatic heterocycles. The number of hydrogen-bond acceptors (Lipinski definition) is 7. The number of amidine groups is 1. The quantitative estimate of drug-likeness (QED) is 0.335. The second kappa shape index (κ2) is 11.8. The zero-order valence-corrected chi connectivity index (χ0v) is 20.8. The van der Waals surface area contributed by atoms with E-state index in [1.807, 2.05) is 25.1 Å². The largest absolute Gasteiger partial charge is 0.396 e. The number of fused-ring (bicyclic) bond motifs is 1. The van der Waals surface area contributed by atoms with Gasteiger partial charge in [0.1, 0.15) is 5.82 Å². The average Bonchev–Trinajstić information content (AvgIpc) is 2.86. The number of aliphatic imine (C=N–C) groups is 1. The predicted molar refractivity (Wildman–Crippen MR) is 138 cm³/mol. The Kier molecular flexibility index (Phi) is 8.51. The van der Waals surface area contributed by atoms with Gasteiger partial charge in [-0.3, -0.25) is 9.79 Å². The summed E-state index contributed by atoms with van der Waals surface area (Å²) in [6.45, 7) is 2.02. The Morgan fingerprint density at radius 1 is 1.17 bits per heavy atom. The van der Waals surface area contributed by atoms with Crippen molar-refractivity contribution in [2.24, 2.45) is 10.7 Å². The van der Waals surface area contributed by atoms with Crippen LogP contribution in [-0.2, 0) is 4.74 Å². The van der Waals surface area contributed by atoms with Gasteiger partial charge in [0, 0.05) is 31.0 Å². The summed E-state index contributed by atoms with van der Waals surface area (Å²) < 4.78 is 5.45. The molecule has 0 radical (unpaired) electrons. The number of ether oxygens (including phenoxy) is 1. The fraction of sp³-hybridized carbons (Fsp3) is 0.615. The molecule has 9 nitrogen and oxygen atoms in total. The Morgan fingerprint density at radius 2 is 1.94 bits per heavy atom. The van der Waals surface area contributed by atoms with Crippen LogP contribution in [0.25, 0.3) is 10.9 Å². The Balaban J connectivity index is 1.58. The molecule has 0 unspecified atom stereocenters. The molecule has 0 saturated heterocycles. The highest BCUT2D eigenvalue weighted by molar-refractivity contribution is 5.96. The predicted octanol–water partition coefficient (Wildman–Crippen LogP) is 3.09. The molecule has 4 rings (SSSR count). The lowest BCUT2D eigenvalue weighted by Gasteiger charge is -2.31. The molecule has 190 valence electrons. The van der Waals surface area contributed by atoms with Crippen molar-refractivity contribution in [3.63, 3.8) is 0 Å². The molecule has 2 aliphatic carbocycles. The molecule has 2 fully saturated rings. The van der Waals surface area contributed by atoms with Crippen molar-refractivity contribution in [3.05, 3.63) is 29.6 Å². The van der Waals surface area contributed by atoms with E-state index in [4.69, 9.17) is 15.5 Å². The summed E-state index contributed by atoms with van der Waals surface area (Å²) in [6, 6.07) is 6.13. The van der Waals surface area contributed by atoms with Crippen molar-refractivity contribution < 1.29 is 14.6 Å². The molecule has 2 aromatic rings. The number of nitrogens with one attached hydrogen (secondary N) is 2. The van der Waals surface area contributed by atoms with Crippen LogP contribution in [0.5, 0.6) is 0 Å². The molecular formula is C26H38N6O3. The van der Waals surface area contributed by atoms with E-state index >= 15 is 0 Å². The minimum atomic E-state index is -0.248. The summed E-state index contributed by atoms with van der Waals surface area (Å²) in [4.78, 5) is 27.1. The minimum Gasteiger partial charge on any atom is -0.396 e. The number of hydrogen-bond donors (Lipinski definition) is 4. The van der Waals surface area contributed by atoms with Crippen LogP contribution in [0.4, 0.5) is 5.82 Å². The summed E-state index contributed by atoms with van der Waals surface area (Å²) in [5.74, 6) is 1.05. The van der Waals surface area contributed by atoms with Crippen LogP contribution in [0, 0.1) is 6.92 Å². The maximum atomic E-state index is 13.1. The normalized spacial score (nSPS) is 25.4. The summed E-state index contributed by atoms with van der Waals surface area (Å²) in [7, 11) is 1.74. The number of nitrogens with zero attached hydrogens (tertiary/aromatic N) is 3. The molecule has 9 heteroatoms. The lowest BCUT2D eigenvalue weighted by atomic mass is 9.90. The standard InChI is InChI=1S/C26H38N6O3/c1-16-7-12-20-19(15-16)24(31-22-6-4-3-5-21(22)29-23(27)13-14-33)32-25(30-20)26(34)28-17-8-10-18(35-2)11-9-17/h7,12,15,17-18,21-22,33H,3-6,8-11,13-14H2,1-2H3,(H2,27,29)(H,28,34)(H,30,31,32)/t17?,18?,21-,22+/m1/s1. The van der Waals surface area contributed by atoms with Gasteiger partial charge in [-0.2, -0.15) is 0 Å². The average molecular weight is 483 g/mol. The molecular weight excluding hydrogens is 444 g/mol. The highest BCUT2D eigenvalue weighted by Gasteiger charge is 2.27. The molecule has 1 amide bonds. The van der Waals surface area contributed by atoms with Gasteiger partial charge in [-0.1, -0.05) is 24.5 Å². The number of anilines is 1. The van der Waals surface area contributed by atoms with Crippen LogP contribution in [-0.4, -0.2) is 64.8 Å². The molecule has 0 spiro atoms. The summed E-state index contributed by atoms with van der Waals surface area (Å²) in [5, 5.41) is 16.8. The van der Waals surface area contributed by atoms with Gasteiger partial charge in [-0.25, -0.2) is 9.97 Å². The van der Waals surface area contributed by atoms with Crippen molar-refractivity contribution in [1.82, 2.24) is 15.3 Å². The van der Waals surface area contributed by atoms with E-state index in [0.717, 1.165) is 67.8 Å². The number of methoxy groups -OCH3 is 1. The number of benzene rings is 1. The molecule has 5 N–H and O–H groups in total. The number of carbonyl (C=O) groups is 1. The van der Waals surface area contributed by atoms with Crippen molar-refractivity contribution in [3.8, 4) is 0 Å². The maximum Gasteiger partial charge on any atom is 0.289 e. The van der Waals surface area contributed by atoms with Crippen LogP contribution < -0.4 is 16.4 Å². The van der Waals surface area contributed by atoms with Gasteiger partial charge in [-0.15, -0.1) is 0 Å². The van der Waals surface area contributed by atoms with E-state index in [-0.39, 0.29) is 42.6 Å². The monoisotopic (exact) mass is 482 g/mol. The second-order valence-corrected chi connectivity index (χ2v) is 9.80. The Hall–Kier alpha value is -2.78. The van der Waals surface area contributed by atoms with E-state index in [9.17, 15) is 9.90 Å². The highest BCUT2D eigenvalue weighted by Crippen LogP contribution is 2.28. The third-order valence-corrected chi connectivity index (χ3v) is 7.15.